The van der Waals surface area contributed by atoms with Gasteiger partial charge in [0.2, 0.25) is 11.8 Å². The standard InChI is InChI=1S/C27H35NO4/c1-4-7-19-15-21-25(27(31)28(12-5-2)26(21)30)22-16-32-23(24(19)22)11-10-17(3)13-18-8-6-9-20(29)14-18/h6,8-9,13-14,21-23,25,29H,4-5,7,10-12,15-16H2,1-3H3/b17-13+/t21-,22+,23-,25-/m1/s1. The van der Waals surface area contributed by atoms with E-state index in [-0.39, 0.29) is 41.4 Å². The number of hydrogen-bond acceptors (Lipinski definition) is 4. The number of rotatable bonds is 8. The lowest BCUT2D eigenvalue weighted by molar-refractivity contribution is -0.140. The molecule has 0 radical (unpaired) electrons. The molecule has 1 N–H and O–H groups in total. The number of hydrogen-bond donors (Lipinski definition) is 1. The van der Waals surface area contributed by atoms with E-state index < -0.39 is 0 Å². The average Bonchev–Trinajstić information content (AvgIpc) is 3.28. The first-order chi connectivity index (χ1) is 15.4. The molecule has 4 atom stereocenters. The number of aromatic hydroxyl groups is 1. The third kappa shape index (κ3) is 4.27. The molecule has 32 heavy (non-hydrogen) atoms. The number of ether oxygens (including phenoxy) is 1. The highest BCUT2D eigenvalue weighted by molar-refractivity contribution is 6.05. The molecule has 172 valence electrons. The van der Waals surface area contributed by atoms with E-state index in [2.05, 4.69) is 19.9 Å². The van der Waals surface area contributed by atoms with Crippen LogP contribution in [0.2, 0.25) is 0 Å². The second-order valence-electron chi connectivity index (χ2n) is 9.53. The van der Waals surface area contributed by atoms with Crippen molar-refractivity contribution in [2.75, 3.05) is 13.2 Å². The molecular formula is C27H35NO4. The maximum atomic E-state index is 13.1. The fraction of sp³-hybridized carbons (Fsp3) is 0.556. The number of imide groups is 1. The van der Waals surface area contributed by atoms with Crippen LogP contribution in [0.3, 0.4) is 0 Å². The van der Waals surface area contributed by atoms with E-state index in [1.165, 1.54) is 21.6 Å². The first-order valence-electron chi connectivity index (χ1n) is 12.1. The van der Waals surface area contributed by atoms with E-state index in [9.17, 15) is 14.7 Å². The molecule has 0 unspecified atom stereocenters. The van der Waals surface area contributed by atoms with Gasteiger partial charge >= 0.3 is 0 Å². The summed E-state index contributed by atoms with van der Waals surface area (Å²) in [6.07, 6.45) is 7.41. The van der Waals surface area contributed by atoms with Crippen molar-refractivity contribution in [2.45, 2.75) is 65.4 Å². The Hall–Kier alpha value is -2.40. The van der Waals surface area contributed by atoms with Gasteiger partial charge in [0.05, 0.1) is 24.5 Å². The summed E-state index contributed by atoms with van der Waals surface area (Å²) >= 11 is 0. The summed E-state index contributed by atoms with van der Waals surface area (Å²) in [4.78, 5) is 27.6. The summed E-state index contributed by atoms with van der Waals surface area (Å²) in [5, 5.41) is 9.69. The van der Waals surface area contributed by atoms with Crippen molar-refractivity contribution in [1.82, 2.24) is 4.90 Å². The molecule has 2 amide bonds. The number of phenolic OH excluding ortho intramolecular Hbond substituents is 1. The predicted octanol–water partition coefficient (Wildman–Crippen LogP) is 5.10. The predicted molar refractivity (Wildman–Crippen MR) is 125 cm³/mol. The van der Waals surface area contributed by atoms with Crippen LogP contribution in [0.4, 0.5) is 0 Å². The lowest BCUT2D eigenvalue weighted by atomic mass is 9.68. The van der Waals surface area contributed by atoms with Gasteiger partial charge in [-0.25, -0.2) is 0 Å². The zero-order chi connectivity index (χ0) is 22.8. The van der Waals surface area contributed by atoms with Crippen molar-refractivity contribution < 1.29 is 19.4 Å². The minimum atomic E-state index is -0.237. The molecule has 2 fully saturated rings. The first-order valence-corrected chi connectivity index (χ1v) is 12.1. The normalized spacial score (nSPS) is 27.8. The Labute approximate surface area is 191 Å². The van der Waals surface area contributed by atoms with E-state index in [0.717, 1.165) is 37.7 Å². The van der Waals surface area contributed by atoms with Gasteiger partial charge in [0.25, 0.3) is 0 Å². The average molecular weight is 438 g/mol. The van der Waals surface area contributed by atoms with Gasteiger partial charge in [-0.05, 0) is 62.3 Å². The van der Waals surface area contributed by atoms with Crippen molar-refractivity contribution in [3.8, 4) is 5.75 Å². The number of carbonyl (C=O) groups is 2. The second-order valence-corrected chi connectivity index (χ2v) is 9.53. The molecule has 1 aromatic carbocycles. The van der Waals surface area contributed by atoms with E-state index in [4.69, 9.17) is 4.74 Å². The molecule has 0 aromatic heterocycles. The van der Waals surface area contributed by atoms with Gasteiger partial charge in [-0.15, -0.1) is 0 Å². The Balaban J connectivity index is 1.52. The molecule has 0 saturated carbocycles. The minimum absolute atomic E-state index is 0.0177. The zero-order valence-corrected chi connectivity index (χ0v) is 19.5. The number of amides is 2. The van der Waals surface area contributed by atoms with E-state index >= 15 is 0 Å². The number of benzene rings is 1. The molecule has 1 aliphatic carbocycles. The van der Waals surface area contributed by atoms with Crippen LogP contribution in [0, 0.1) is 17.8 Å². The number of allylic oxidation sites excluding steroid dienone is 2. The molecule has 0 spiro atoms. The molecule has 5 nitrogen and oxygen atoms in total. The summed E-state index contributed by atoms with van der Waals surface area (Å²) in [7, 11) is 0. The number of nitrogens with zero attached hydrogens (tertiary/aromatic N) is 1. The summed E-state index contributed by atoms with van der Waals surface area (Å²) in [5.74, 6) is -0.0638. The lowest BCUT2D eigenvalue weighted by Gasteiger charge is -2.32. The van der Waals surface area contributed by atoms with Gasteiger partial charge in [-0.1, -0.05) is 49.6 Å². The quantitative estimate of drug-likeness (QED) is 0.454. The van der Waals surface area contributed by atoms with Crippen molar-refractivity contribution in [3.63, 3.8) is 0 Å². The van der Waals surface area contributed by atoms with E-state index in [1.807, 2.05) is 19.1 Å². The molecule has 0 bridgehead atoms. The van der Waals surface area contributed by atoms with Crippen LogP contribution in [0.25, 0.3) is 6.08 Å². The van der Waals surface area contributed by atoms with E-state index in [1.54, 1.807) is 12.1 Å². The maximum Gasteiger partial charge on any atom is 0.233 e. The van der Waals surface area contributed by atoms with Gasteiger partial charge in [0.15, 0.2) is 0 Å². The Bertz CT molecular complexity index is 947. The van der Waals surface area contributed by atoms with Crippen molar-refractivity contribution in [2.24, 2.45) is 17.8 Å². The smallest absolute Gasteiger partial charge is 0.233 e. The number of phenols is 1. The third-order valence-electron chi connectivity index (χ3n) is 7.18. The molecule has 2 aliphatic heterocycles. The topological polar surface area (TPSA) is 66.8 Å². The van der Waals surface area contributed by atoms with Crippen LogP contribution in [0.5, 0.6) is 5.75 Å². The van der Waals surface area contributed by atoms with Crippen molar-refractivity contribution in [3.05, 3.63) is 46.5 Å². The van der Waals surface area contributed by atoms with E-state index in [0.29, 0.717) is 19.6 Å². The molecule has 4 rings (SSSR count). The van der Waals surface area contributed by atoms with Crippen molar-refractivity contribution >= 4 is 17.9 Å². The van der Waals surface area contributed by atoms with Crippen LogP contribution in [0.15, 0.2) is 41.0 Å². The Morgan fingerprint density at radius 2 is 2.00 bits per heavy atom. The molecule has 1 aromatic rings. The molecular weight excluding hydrogens is 402 g/mol. The highest BCUT2D eigenvalue weighted by atomic mass is 16.5. The SMILES string of the molecule is CCCC1=C2[C@@H](CC/C(C)=C/c3cccc(O)c3)OC[C@@H]2[C@@H]2C(=O)N(CCC)C(=O)[C@@H]2C1. The molecule has 3 aliphatic rings. The summed E-state index contributed by atoms with van der Waals surface area (Å²) in [6, 6.07) is 7.27. The second kappa shape index (κ2) is 9.62. The van der Waals surface area contributed by atoms with Crippen LogP contribution >= 0.6 is 0 Å². The van der Waals surface area contributed by atoms with Gasteiger partial charge in [-0.2, -0.15) is 0 Å². The van der Waals surface area contributed by atoms with Crippen LogP contribution in [-0.2, 0) is 14.3 Å². The van der Waals surface area contributed by atoms with Crippen molar-refractivity contribution in [1.29, 1.82) is 0 Å². The monoisotopic (exact) mass is 437 g/mol. The number of carbonyl (C=O) groups excluding carboxylic acids is 2. The Morgan fingerprint density at radius 1 is 1.19 bits per heavy atom. The van der Waals surface area contributed by atoms with Gasteiger partial charge in [0.1, 0.15) is 5.75 Å². The fourth-order valence-corrected chi connectivity index (χ4v) is 5.85. The number of fused-ring (bicyclic) bond motifs is 3. The maximum absolute atomic E-state index is 13.1. The third-order valence-corrected chi connectivity index (χ3v) is 7.18. The molecule has 2 heterocycles. The molecule has 5 heteroatoms. The lowest BCUT2D eigenvalue weighted by Crippen LogP contribution is -2.34. The first kappa shape index (κ1) is 22.8. The van der Waals surface area contributed by atoms with Crippen LogP contribution < -0.4 is 0 Å². The zero-order valence-electron chi connectivity index (χ0n) is 19.5. The summed E-state index contributed by atoms with van der Waals surface area (Å²) in [6.45, 7) is 7.36. The number of likely N-dealkylation sites (tertiary alicyclic amines) is 1. The van der Waals surface area contributed by atoms with Crippen LogP contribution in [0.1, 0.15) is 64.9 Å². The fourth-order valence-electron chi connectivity index (χ4n) is 5.85. The largest absolute Gasteiger partial charge is 0.508 e. The van der Waals surface area contributed by atoms with Crippen LogP contribution in [-0.4, -0.2) is 41.1 Å². The highest BCUT2D eigenvalue weighted by Crippen LogP contribution is 2.50. The molecule has 2 saturated heterocycles. The minimum Gasteiger partial charge on any atom is -0.508 e. The van der Waals surface area contributed by atoms with Gasteiger partial charge < -0.3 is 9.84 Å². The summed E-state index contributed by atoms with van der Waals surface area (Å²) in [5.41, 5.74) is 4.90. The summed E-state index contributed by atoms with van der Waals surface area (Å²) < 4.78 is 6.28. The highest BCUT2D eigenvalue weighted by Gasteiger charge is 2.56. The van der Waals surface area contributed by atoms with Gasteiger partial charge in [0, 0.05) is 12.5 Å². The Morgan fingerprint density at radius 3 is 2.72 bits per heavy atom. The van der Waals surface area contributed by atoms with Gasteiger partial charge in [-0.3, -0.25) is 14.5 Å². The Kier molecular flexibility index (Phi) is 6.85.